The molecule has 0 spiro atoms. The Morgan fingerprint density at radius 1 is 1.37 bits per heavy atom. The summed E-state index contributed by atoms with van der Waals surface area (Å²) in [5.74, 6) is -0.466. The molecule has 1 heterocycles. The van der Waals surface area contributed by atoms with Gasteiger partial charge in [-0.15, -0.1) is 0 Å². The largest absolute Gasteiger partial charge is 0.350 e. The molecule has 2 aromatic rings. The summed E-state index contributed by atoms with van der Waals surface area (Å²) in [6, 6.07) is 4.55. The van der Waals surface area contributed by atoms with Gasteiger partial charge in [0.05, 0.1) is 12.2 Å². The molecule has 0 radical (unpaired) electrons. The summed E-state index contributed by atoms with van der Waals surface area (Å²) in [4.78, 5) is 12.2. The number of benzene rings is 1. The Bertz CT molecular complexity index is 655. The number of nitrogens with zero attached hydrogens (tertiary/aromatic N) is 3. The third-order valence-corrected chi connectivity index (χ3v) is 3.02. The number of halogens is 2. The SMILES string of the molecule is CC(C)(C)Cn1ncn(-c2ccc(Br)cc2F)c1=O. The molecule has 1 aromatic heterocycles. The second kappa shape index (κ2) is 4.92. The highest BCUT2D eigenvalue weighted by atomic mass is 79.9. The van der Waals surface area contributed by atoms with Crippen molar-refractivity contribution in [3.63, 3.8) is 0 Å². The molecule has 0 saturated heterocycles. The van der Waals surface area contributed by atoms with Gasteiger partial charge in [-0.25, -0.2) is 18.4 Å². The summed E-state index contributed by atoms with van der Waals surface area (Å²) in [7, 11) is 0. The van der Waals surface area contributed by atoms with Crippen LogP contribution in [0.3, 0.4) is 0 Å². The minimum atomic E-state index is -0.466. The predicted octanol–water partition coefficient (Wildman–Crippen LogP) is 2.98. The molecular weight excluding hydrogens is 313 g/mol. The van der Waals surface area contributed by atoms with Crippen molar-refractivity contribution in [2.24, 2.45) is 5.41 Å². The highest BCUT2D eigenvalue weighted by Gasteiger charge is 2.16. The molecule has 19 heavy (non-hydrogen) atoms. The topological polar surface area (TPSA) is 39.8 Å². The van der Waals surface area contributed by atoms with Crippen molar-refractivity contribution in [3.05, 3.63) is 45.3 Å². The lowest BCUT2D eigenvalue weighted by molar-refractivity contribution is 0.319. The molecule has 102 valence electrons. The van der Waals surface area contributed by atoms with Crippen LogP contribution in [0.5, 0.6) is 0 Å². The molecule has 0 aliphatic carbocycles. The van der Waals surface area contributed by atoms with Crippen LogP contribution in [0.25, 0.3) is 5.69 Å². The van der Waals surface area contributed by atoms with E-state index in [2.05, 4.69) is 21.0 Å². The van der Waals surface area contributed by atoms with Gasteiger partial charge < -0.3 is 0 Å². The van der Waals surface area contributed by atoms with E-state index in [-0.39, 0.29) is 16.8 Å². The number of hydrogen-bond acceptors (Lipinski definition) is 2. The van der Waals surface area contributed by atoms with Gasteiger partial charge in [-0.3, -0.25) is 0 Å². The molecule has 6 heteroatoms. The fraction of sp³-hybridized carbons (Fsp3) is 0.385. The zero-order chi connectivity index (χ0) is 14.2. The Kier molecular flexibility index (Phi) is 3.62. The summed E-state index contributed by atoms with van der Waals surface area (Å²) in [5, 5.41) is 4.03. The predicted molar refractivity (Wildman–Crippen MR) is 74.9 cm³/mol. The molecule has 0 atom stereocenters. The lowest BCUT2D eigenvalue weighted by atomic mass is 9.97. The van der Waals surface area contributed by atoms with Gasteiger partial charge in [0.2, 0.25) is 0 Å². The van der Waals surface area contributed by atoms with E-state index < -0.39 is 5.82 Å². The third-order valence-electron chi connectivity index (χ3n) is 2.53. The average molecular weight is 328 g/mol. The fourth-order valence-corrected chi connectivity index (χ4v) is 2.07. The summed E-state index contributed by atoms with van der Waals surface area (Å²) >= 11 is 3.18. The Morgan fingerprint density at radius 3 is 2.63 bits per heavy atom. The molecule has 0 aliphatic rings. The van der Waals surface area contributed by atoms with Crippen molar-refractivity contribution in [1.82, 2.24) is 14.3 Å². The lowest BCUT2D eigenvalue weighted by Gasteiger charge is -2.16. The molecule has 0 fully saturated rings. The Balaban J connectivity index is 2.45. The molecule has 0 aliphatic heterocycles. The second-order valence-electron chi connectivity index (χ2n) is 5.60. The van der Waals surface area contributed by atoms with E-state index in [1.165, 1.54) is 21.6 Å². The first kappa shape index (κ1) is 14.0. The van der Waals surface area contributed by atoms with Crippen LogP contribution in [-0.4, -0.2) is 14.3 Å². The van der Waals surface area contributed by atoms with Gasteiger partial charge in [-0.05, 0) is 23.6 Å². The van der Waals surface area contributed by atoms with Gasteiger partial charge in [-0.2, -0.15) is 5.10 Å². The van der Waals surface area contributed by atoms with Crippen LogP contribution in [0.15, 0.2) is 33.8 Å². The normalized spacial score (nSPS) is 11.8. The standard InChI is InChI=1S/C13H15BrFN3O/c1-13(2,3)7-18-12(19)17(8-16-18)11-5-4-9(14)6-10(11)15/h4-6,8H,7H2,1-3H3. The van der Waals surface area contributed by atoms with Crippen molar-refractivity contribution in [1.29, 1.82) is 0 Å². The van der Waals surface area contributed by atoms with E-state index in [0.29, 0.717) is 11.0 Å². The number of aromatic nitrogens is 3. The van der Waals surface area contributed by atoms with Crippen molar-refractivity contribution in [3.8, 4) is 5.69 Å². The molecule has 0 unspecified atom stereocenters. The van der Waals surface area contributed by atoms with Gasteiger partial charge >= 0.3 is 5.69 Å². The van der Waals surface area contributed by atoms with Crippen LogP contribution in [0.1, 0.15) is 20.8 Å². The van der Waals surface area contributed by atoms with E-state index in [1.54, 1.807) is 12.1 Å². The molecule has 2 rings (SSSR count). The smallest absolute Gasteiger partial charge is 0.247 e. The van der Waals surface area contributed by atoms with Crippen LogP contribution < -0.4 is 5.69 Å². The highest BCUT2D eigenvalue weighted by molar-refractivity contribution is 9.10. The van der Waals surface area contributed by atoms with E-state index in [0.717, 1.165) is 0 Å². The zero-order valence-corrected chi connectivity index (χ0v) is 12.6. The first-order valence-corrected chi connectivity index (χ1v) is 6.67. The molecule has 0 saturated carbocycles. The van der Waals surface area contributed by atoms with E-state index in [1.807, 2.05) is 20.8 Å². The van der Waals surface area contributed by atoms with Gasteiger partial charge in [-0.1, -0.05) is 36.7 Å². The van der Waals surface area contributed by atoms with E-state index >= 15 is 0 Å². The Morgan fingerprint density at radius 2 is 2.05 bits per heavy atom. The van der Waals surface area contributed by atoms with Gasteiger partial charge in [0.1, 0.15) is 12.1 Å². The van der Waals surface area contributed by atoms with Crippen LogP contribution in [0.4, 0.5) is 4.39 Å². The molecule has 1 aromatic carbocycles. The van der Waals surface area contributed by atoms with Crippen molar-refractivity contribution >= 4 is 15.9 Å². The number of hydrogen-bond donors (Lipinski definition) is 0. The van der Waals surface area contributed by atoms with Gasteiger partial charge in [0.25, 0.3) is 0 Å². The maximum atomic E-state index is 13.8. The summed E-state index contributed by atoms with van der Waals surface area (Å²) < 4.78 is 17.0. The minimum Gasteiger partial charge on any atom is -0.247 e. The molecular formula is C13H15BrFN3O. The van der Waals surface area contributed by atoms with Crippen molar-refractivity contribution in [2.75, 3.05) is 0 Å². The molecule has 0 N–H and O–H groups in total. The van der Waals surface area contributed by atoms with Crippen molar-refractivity contribution in [2.45, 2.75) is 27.3 Å². The maximum absolute atomic E-state index is 13.8. The summed E-state index contributed by atoms with van der Waals surface area (Å²) in [6.45, 7) is 6.52. The van der Waals surface area contributed by atoms with Gasteiger partial charge in [0.15, 0.2) is 0 Å². The fourth-order valence-electron chi connectivity index (χ4n) is 1.74. The summed E-state index contributed by atoms with van der Waals surface area (Å²) in [6.07, 6.45) is 1.35. The first-order valence-electron chi connectivity index (χ1n) is 5.88. The Hall–Kier alpha value is -1.43. The maximum Gasteiger partial charge on any atom is 0.350 e. The second-order valence-corrected chi connectivity index (χ2v) is 6.51. The molecule has 4 nitrogen and oxygen atoms in total. The zero-order valence-electron chi connectivity index (χ0n) is 11.0. The number of rotatable bonds is 2. The quantitative estimate of drug-likeness (QED) is 0.850. The van der Waals surface area contributed by atoms with E-state index in [4.69, 9.17) is 0 Å². The van der Waals surface area contributed by atoms with E-state index in [9.17, 15) is 9.18 Å². The minimum absolute atomic E-state index is 0.0682. The Labute approximate surface area is 119 Å². The van der Waals surface area contributed by atoms with Crippen LogP contribution in [-0.2, 0) is 6.54 Å². The molecule has 0 bridgehead atoms. The lowest BCUT2D eigenvalue weighted by Crippen LogP contribution is -2.29. The highest BCUT2D eigenvalue weighted by Crippen LogP contribution is 2.18. The van der Waals surface area contributed by atoms with Gasteiger partial charge in [0, 0.05) is 4.47 Å². The van der Waals surface area contributed by atoms with Crippen LogP contribution in [0, 0.1) is 11.2 Å². The monoisotopic (exact) mass is 327 g/mol. The average Bonchev–Trinajstić information content (AvgIpc) is 2.59. The van der Waals surface area contributed by atoms with Crippen molar-refractivity contribution < 1.29 is 4.39 Å². The molecule has 0 amide bonds. The van der Waals surface area contributed by atoms with Crippen LogP contribution in [0.2, 0.25) is 0 Å². The summed E-state index contributed by atoms with van der Waals surface area (Å²) in [5.41, 5.74) is -0.203. The van der Waals surface area contributed by atoms with Crippen LogP contribution >= 0.6 is 15.9 Å². The first-order chi connectivity index (χ1) is 8.78. The third kappa shape index (κ3) is 3.12.